The lowest BCUT2D eigenvalue weighted by atomic mass is 9.93. The van der Waals surface area contributed by atoms with Gasteiger partial charge >= 0.3 is 17.9 Å². The van der Waals surface area contributed by atoms with Crippen molar-refractivity contribution in [3.05, 3.63) is 0 Å². The van der Waals surface area contributed by atoms with Crippen LogP contribution < -0.4 is 0 Å². The first-order valence-corrected chi connectivity index (χ1v) is 9.90. The summed E-state index contributed by atoms with van der Waals surface area (Å²) in [6, 6.07) is -0.783. The molecule has 0 amide bonds. The van der Waals surface area contributed by atoms with Gasteiger partial charge in [-0.1, -0.05) is 6.42 Å². The largest absolute Gasteiger partial charge is 0.481 e. The second-order valence-corrected chi connectivity index (χ2v) is 7.41. The fraction of sp³-hybridized carbons (Fsp3) is 0.789. The molecule has 0 aliphatic carbocycles. The number of carboxylic acids is 3. The first-order valence-electron chi connectivity index (χ1n) is 9.90. The number of rotatable bonds is 9. The summed E-state index contributed by atoms with van der Waals surface area (Å²) in [6.07, 6.45) is 4.94. The lowest BCUT2D eigenvalue weighted by molar-refractivity contribution is -0.144. The smallest absolute Gasteiger partial charge is 0.320 e. The average Bonchev–Trinajstić information content (AvgIpc) is 2.59. The molecule has 0 bridgehead atoms. The molecule has 3 N–H and O–H groups in total. The molecule has 0 saturated carbocycles. The Morgan fingerprint density at radius 2 is 1.64 bits per heavy atom. The van der Waals surface area contributed by atoms with E-state index in [1.54, 1.807) is 4.90 Å². The summed E-state index contributed by atoms with van der Waals surface area (Å²) in [5, 5.41) is 27.8. The standard InChI is InChI=1S/C19H32N2O7/c22-12-4-7-16(19(27)28)21-9-2-1-5-15(13-17(23)24)6-3-8-20(10-11-21)14-18(25)26/h12,15-16H,1-11,13-14H2,(H,23,24)(H,25,26)(H,27,28). The van der Waals surface area contributed by atoms with Crippen LogP contribution in [0, 0.1) is 5.92 Å². The van der Waals surface area contributed by atoms with Crippen LogP contribution in [0.3, 0.4) is 0 Å². The van der Waals surface area contributed by atoms with Crippen LogP contribution in [0.2, 0.25) is 0 Å². The van der Waals surface area contributed by atoms with Crippen LogP contribution in [-0.2, 0) is 19.2 Å². The van der Waals surface area contributed by atoms with Gasteiger partial charge in [-0.15, -0.1) is 0 Å². The molecular formula is C19H32N2O7. The molecule has 0 aromatic carbocycles. The lowest BCUT2D eigenvalue weighted by Crippen LogP contribution is -2.46. The van der Waals surface area contributed by atoms with Crippen molar-refractivity contribution in [2.75, 3.05) is 32.7 Å². The fourth-order valence-electron chi connectivity index (χ4n) is 3.79. The zero-order chi connectivity index (χ0) is 20.9. The van der Waals surface area contributed by atoms with Crippen LogP contribution in [-0.4, -0.2) is 88.1 Å². The lowest BCUT2D eigenvalue weighted by Gasteiger charge is -2.32. The number of hydrogen-bond donors (Lipinski definition) is 3. The van der Waals surface area contributed by atoms with Gasteiger partial charge in [0, 0.05) is 25.9 Å². The first kappa shape index (κ1) is 24.0. The van der Waals surface area contributed by atoms with Crippen LogP contribution in [0.4, 0.5) is 0 Å². The van der Waals surface area contributed by atoms with E-state index in [9.17, 15) is 24.3 Å². The van der Waals surface area contributed by atoms with Gasteiger partial charge in [-0.3, -0.25) is 24.2 Å². The highest BCUT2D eigenvalue weighted by Crippen LogP contribution is 2.21. The van der Waals surface area contributed by atoms with Gasteiger partial charge in [0.1, 0.15) is 12.3 Å². The summed E-state index contributed by atoms with van der Waals surface area (Å²) in [6.45, 7) is 1.75. The predicted molar refractivity (Wildman–Crippen MR) is 101 cm³/mol. The van der Waals surface area contributed by atoms with Gasteiger partial charge in [0.2, 0.25) is 0 Å². The summed E-state index contributed by atoms with van der Waals surface area (Å²) in [5.74, 6) is -2.72. The Balaban J connectivity index is 2.86. The zero-order valence-corrected chi connectivity index (χ0v) is 16.3. The average molecular weight is 400 g/mol. The second-order valence-electron chi connectivity index (χ2n) is 7.41. The minimum absolute atomic E-state index is 0.0439. The molecule has 28 heavy (non-hydrogen) atoms. The van der Waals surface area contributed by atoms with Gasteiger partial charge in [-0.2, -0.15) is 0 Å². The number of carboxylic acid groups (broad SMARTS) is 3. The van der Waals surface area contributed by atoms with Crippen LogP contribution in [0.1, 0.15) is 51.4 Å². The molecule has 160 valence electrons. The molecule has 1 rings (SSSR count). The maximum Gasteiger partial charge on any atom is 0.320 e. The van der Waals surface area contributed by atoms with Crippen molar-refractivity contribution < 1.29 is 34.5 Å². The van der Waals surface area contributed by atoms with E-state index in [4.69, 9.17) is 10.2 Å². The van der Waals surface area contributed by atoms with E-state index in [-0.39, 0.29) is 31.7 Å². The molecule has 0 aromatic rings. The molecule has 2 atom stereocenters. The first-order chi connectivity index (χ1) is 13.3. The Labute approximate surface area is 165 Å². The third-order valence-corrected chi connectivity index (χ3v) is 5.20. The minimum atomic E-state index is -0.984. The maximum atomic E-state index is 11.7. The third kappa shape index (κ3) is 9.80. The van der Waals surface area contributed by atoms with Crippen molar-refractivity contribution in [3.63, 3.8) is 0 Å². The van der Waals surface area contributed by atoms with Crippen LogP contribution in [0.5, 0.6) is 0 Å². The Bertz CT molecular complexity index is 526. The normalized spacial score (nSPS) is 21.8. The fourth-order valence-corrected chi connectivity index (χ4v) is 3.79. The molecule has 2 unspecified atom stereocenters. The van der Waals surface area contributed by atoms with Crippen molar-refractivity contribution in [2.24, 2.45) is 5.92 Å². The highest BCUT2D eigenvalue weighted by molar-refractivity contribution is 5.74. The van der Waals surface area contributed by atoms with Gasteiger partial charge in [0.05, 0.1) is 6.54 Å². The van der Waals surface area contributed by atoms with Crippen molar-refractivity contribution >= 4 is 24.2 Å². The van der Waals surface area contributed by atoms with Crippen molar-refractivity contribution in [2.45, 2.75) is 57.4 Å². The molecule has 1 aliphatic rings. The van der Waals surface area contributed by atoms with E-state index in [1.807, 2.05) is 4.90 Å². The Hall–Kier alpha value is -2.00. The van der Waals surface area contributed by atoms with Gasteiger partial charge in [0.15, 0.2) is 0 Å². The number of carbonyl (C=O) groups is 4. The van der Waals surface area contributed by atoms with Gasteiger partial charge in [-0.25, -0.2) is 0 Å². The van der Waals surface area contributed by atoms with Crippen molar-refractivity contribution in [3.8, 4) is 0 Å². The molecule has 0 radical (unpaired) electrons. The predicted octanol–water partition coefficient (Wildman–Crippen LogP) is 1.16. The second kappa shape index (κ2) is 13.2. The Kier molecular flexibility index (Phi) is 11.4. The number of hydrogen-bond acceptors (Lipinski definition) is 6. The summed E-state index contributed by atoms with van der Waals surface area (Å²) in [5.41, 5.74) is 0. The van der Waals surface area contributed by atoms with Crippen molar-refractivity contribution in [1.29, 1.82) is 0 Å². The molecule has 1 aliphatic heterocycles. The summed E-state index contributed by atoms with van der Waals surface area (Å²) in [7, 11) is 0. The summed E-state index contributed by atoms with van der Waals surface area (Å²) >= 11 is 0. The molecule has 1 fully saturated rings. The van der Waals surface area contributed by atoms with E-state index in [0.29, 0.717) is 38.9 Å². The van der Waals surface area contributed by atoms with E-state index in [0.717, 1.165) is 25.7 Å². The summed E-state index contributed by atoms with van der Waals surface area (Å²) in [4.78, 5) is 48.2. The van der Waals surface area contributed by atoms with E-state index in [2.05, 4.69) is 0 Å². The monoisotopic (exact) mass is 400 g/mol. The van der Waals surface area contributed by atoms with Crippen LogP contribution in [0.25, 0.3) is 0 Å². The van der Waals surface area contributed by atoms with E-state index in [1.165, 1.54) is 0 Å². The maximum absolute atomic E-state index is 11.7. The third-order valence-electron chi connectivity index (χ3n) is 5.20. The number of carbonyl (C=O) groups excluding carboxylic acids is 1. The van der Waals surface area contributed by atoms with Gasteiger partial charge < -0.3 is 20.1 Å². The summed E-state index contributed by atoms with van der Waals surface area (Å²) < 4.78 is 0. The SMILES string of the molecule is O=CCCC(C(=O)O)N1CCCCC(CC(=O)O)CCCN(CC(=O)O)CC1. The minimum Gasteiger partial charge on any atom is -0.481 e. The molecule has 9 heteroatoms. The molecule has 9 nitrogen and oxygen atoms in total. The van der Waals surface area contributed by atoms with E-state index >= 15 is 0 Å². The molecule has 0 aromatic heterocycles. The van der Waals surface area contributed by atoms with Crippen molar-refractivity contribution in [1.82, 2.24) is 9.80 Å². The molecular weight excluding hydrogens is 368 g/mol. The van der Waals surface area contributed by atoms with Crippen LogP contribution >= 0.6 is 0 Å². The molecule has 0 spiro atoms. The van der Waals surface area contributed by atoms with Gasteiger partial charge in [-0.05, 0) is 51.1 Å². The number of nitrogens with zero attached hydrogens (tertiary/aromatic N) is 2. The Morgan fingerprint density at radius 3 is 2.25 bits per heavy atom. The quantitative estimate of drug-likeness (QED) is 0.487. The zero-order valence-electron chi connectivity index (χ0n) is 16.3. The number of aldehydes is 1. The topological polar surface area (TPSA) is 135 Å². The number of aliphatic carboxylic acids is 3. The van der Waals surface area contributed by atoms with Gasteiger partial charge in [0.25, 0.3) is 0 Å². The Morgan fingerprint density at radius 1 is 0.929 bits per heavy atom. The highest BCUT2D eigenvalue weighted by Gasteiger charge is 2.26. The highest BCUT2D eigenvalue weighted by atomic mass is 16.4. The molecule has 1 heterocycles. The van der Waals surface area contributed by atoms with Crippen LogP contribution in [0.15, 0.2) is 0 Å². The molecule has 1 saturated heterocycles. The van der Waals surface area contributed by atoms with E-state index < -0.39 is 23.9 Å².